The Labute approximate surface area is 192 Å². The van der Waals surface area contributed by atoms with Crippen LogP contribution in [0, 0.1) is 0 Å². The first-order valence-corrected chi connectivity index (χ1v) is 11.7. The lowest BCUT2D eigenvalue weighted by molar-refractivity contribution is -0.149. The molecule has 0 saturated carbocycles. The molecule has 11 heteroatoms. The Morgan fingerprint density at radius 1 is 1.16 bits per heavy atom. The fourth-order valence-corrected chi connectivity index (χ4v) is 3.81. The van der Waals surface area contributed by atoms with Gasteiger partial charge in [0.15, 0.2) is 6.61 Å². The summed E-state index contributed by atoms with van der Waals surface area (Å²) in [4.78, 5) is 37.2. The normalized spacial score (nSPS) is 11.7. The second-order valence-corrected chi connectivity index (χ2v) is 8.36. The Morgan fingerprint density at radius 3 is 2.68 bits per heavy atom. The van der Waals surface area contributed by atoms with E-state index in [9.17, 15) is 14.4 Å². The predicted octanol–water partition coefficient (Wildman–Crippen LogP) is 3.38. The molecule has 3 rings (SSSR count). The maximum atomic E-state index is 12.5. The van der Waals surface area contributed by atoms with Crippen molar-refractivity contribution >= 4 is 69.6 Å². The number of rotatable bonds is 9. The number of esters is 1. The molecule has 0 radical (unpaired) electrons. The minimum Gasteiger partial charge on any atom is -0.454 e. The number of nitrogens with zero attached hydrogens (tertiary/aromatic N) is 2. The van der Waals surface area contributed by atoms with E-state index in [0.29, 0.717) is 39.5 Å². The molecule has 2 amide bonds. The van der Waals surface area contributed by atoms with Gasteiger partial charge in [-0.1, -0.05) is 17.7 Å². The van der Waals surface area contributed by atoms with Gasteiger partial charge in [0.2, 0.25) is 0 Å². The van der Waals surface area contributed by atoms with E-state index >= 15 is 0 Å². The van der Waals surface area contributed by atoms with Crippen molar-refractivity contribution in [3.05, 3.63) is 53.1 Å². The fourth-order valence-electron chi connectivity index (χ4n) is 2.66. The monoisotopic (exact) mass is 478 g/mol. The van der Waals surface area contributed by atoms with Crippen molar-refractivity contribution in [2.24, 2.45) is 0 Å². The van der Waals surface area contributed by atoms with Gasteiger partial charge in [-0.15, -0.1) is 0 Å². The van der Waals surface area contributed by atoms with Gasteiger partial charge in [-0.25, -0.2) is 4.79 Å². The number of hydrogen-bond donors (Lipinski definition) is 2. The molecule has 0 fully saturated rings. The van der Waals surface area contributed by atoms with E-state index in [0.717, 1.165) is 11.7 Å². The molecule has 0 spiro atoms. The van der Waals surface area contributed by atoms with Gasteiger partial charge in [-0.05, 0) is 54.8 Å². The van der Waals surface area contributed by atoms with E-state index in [1.165, 1.54) is 11.8 Å². The molecule has 162 valence electrons. The topological polar surface area (TPSA) is 110 Å². The van der Waals surface area contributed by atoms with Crippen LogP contribution in [-0.4, -0.2) is 51.2 Å². The highest BCUT2D eigenvalue weighted by Gasteiger charge is 2.23. The molecule has 8 nitrogen and oxygen atoms in total. The van der Waals surface area contributed by atoms with Crippen molar-refractivity contribution in [1.29, 1.82) is 0 Å². The van der Waals surface area contributed by atoms with Gasteiger partial charge in [0.05, 0.1) is 17.4 Å². The minimum absolute atomic E-state index is 0.366. The minimum atomic E-state index is -0.880. The lowest BCUT2D eigenvalue weighted by Crippen LogP contribution is -2.43. The van der Waals surface area contributed by atoms with Crippen LogP contribution in [-0.2, 0) is 14.3 Å². The smallest absolute Gasteiger partial charge is 0.329 e. The van der Waals surface area contributed by atoms with Crippen LogP contribution in [0.15, 0.2) is 42.5 Å². The van der Waals surface area contributed by atoms with Crippen molar-refractivity contribution < 1.29 is 19.1 Å². The molecular weight excluding hydrogens is 460 g/mol. The largest absolute Gasteiger partial charge is 0.454 e. The number of halogens is 1. The molecule has 1 heterocycles. The lowest BCUT2D eigenvalue weighted by atomic mass is 10.1. The standard InChI is InChI=1S/C20H19ClN4O4S2/c1-30-10-9-16(23-19(27)12-5-7-13(21)8-6-12)20(28)29-11-17(26)22-14-3-2-4-15-18(14)25-31-24-15/h2-8,16H,9-11H2,1H3,(H,22,26)(H,23,27)/t16-/m0/s1. The molecule has 0 aliphatic rings. The predicted molar refractivity (Wildman–Crippen MR) is 123 cm³/mol. The zero-order chi connectivity index (χ0) is 22.2. The van der Waals surface area contributed by atoms with Crippen LogP contribution in [0.5, 0.6) is 0 Å². The van der Waals surface area contributed by atoms with Crippen molar-refractivity contribution in [1.82, 2.24) is 14.1 Å². The van der Waals surface area contributed by atoms with Crippen LogP contribution >= 0.6 is 35.1 Å². The molecule has 0 aliphatic heterocycles. The zero-order valence-electron chi connectivity index (χ0n) is 16.5. The fraction of sp³-hybridized carbons (Fsp3) is 0.250. The van der Waals surface area contributed by atoms with Crippen LogP contribution in [0.4, 0.5) is 5.69 Å². The molecule has 0 unspecified atom stereocenters. The van der Waals surface area contributed by atoms with E-state index < -0.39 is 30.4 Å². The summed E-state index contributed by atoms with van der Waals surface area (Å²) in [5.41, 5.74) is 2.10. The van der Waals surface area contributed by atoms with E-state index in [2.05, 4.69) is 19.4 Å². The van der Waals surface area contributed by atoms with E-state index in [-0.39, 0.29) is 0 Å². The second kappa shape index (κ2) is 11.1. The first kappa shape index (κ1) is 23.0. The van der Waals surface area contributed by atoms with Gasteiger partial charge >= 0.3 is 5.97 Å². The molecule has 2 N–H and O–H groups in total. The summed E-state index contributed by atoms with van der Waals surface area (Å²) in [6, 6.07) is 10.7. The summed E-state index contributed by atoms with van der Waals surface area (Å²) in [6.45, 7) is -0.487. The first-order valence-electron chi connectivity index (χ1n) is 9.21. The van der Waals surface area contributed by atoms with Gasteiger partial charge in [0, 0.05) is 10.6 Å². The summed E-state index contributed by atoms with van der Waals surface area (Å²) in [7, 11) is 0. The second-order valence-electron chi connectivity index (χ2n) is 6.41. The number of carbonyl (C=O) groups excluding carboxylic acids is 3. The number of hydrogen-bond acceptors (Lipinski definition) is 8. The van der Waals surface area contributed by atoms with Gasteiger partial charge < -0.3 is 15.4 Å². The lowest BCUT2D eigenvalue weighted by Gasteiger charge is -2.17. The third-order valence-electron chi connectivity index (χ3n) is 4.21. The van der Waals surface area contributed by atoms with Gasteiger partial charge in [0.1, 0.15) is 17.1 Å². The Balaban J connectivity index is 1.58. The maximum Gasteiger partial charge on any atom is 0.329 e. The van der Waals surface area contributed by atoms with Crippen LogP contribution in [0.3, 0.4) is 0 Å². The molecule has 0 saturated heterocycles. The number of benzene rings is 2. The molecule has 2 aromatic carbocycles. The summed E-state index contributed by atoms with van der Waals surface area (Å²) in [5, 5.41) is 5.83. The number of anilines is 1. The summed E-state index contributed by atoms with van der Waals surface area (Å²) in [6.07, 6.45) is 2.26. The third kappa shape index (κ3) is 6.39. The number of ether oxygens (including phenoxy) is 1. The van der Waals surface area contributed by atoms with Gasteiger partial charge in [0.25, 0.3) is 11.8 Å². The molecule has 0 bridgehead atoms. The zero-order valence-corrected chi connectivity index (χ0v) is 18.9. The highest BCUT2D eigenvalue weighted by molar-refractivity contribution is 7.98. The average Bonchev–Trinajstić information content (AvgIpc) is 3.25. The summed E-state index contributed by atoms with van der Waals surface area (Å²) in [5.74, 6) is -0.987. The molecular formula is C20H19ClN4O4S2. The van der Waals surface area contributed by atoms with Crippen LogP contribution in [0.1, 0.15) is 16.8 Å². The van der Waals surface area contributed by atoms with E-state index in [1.807, 2.05) is 6.26 Å². The molecule has 31 heavy (non-hydrogen) atoms. The quantitative estimate of drug-likeness (QED) is 0.453. The number of amides is 2. The number of fused-ring (bicyclic) bond motifs is 1. The van der Waals surface area contributed by atoms with Gasteiger partial charge in [-0.3, -0.25) is 9.59 Å². The Bertz CT molecular complexity index is 1070. The maximum absolute atomic E-state index is 12.5. The van der Waals surface area contributed by atoms with Crippen LogP contribution in [0.2, 0.25) is 5.02 Å². The number of carbonyl (C=O) groups is 3. The SMILES string of the molecule is CSCC[C@H](NC(=O)c1ccc(Cl)cc1)C(=O)OCC(=O)Nc1cccc2nsnc12. The molecule has 1 aromatic heterocycles. The molecule has 0 aliphatic carbocycles. The Hall–Kier alpha value is -2.69. The number of nitrogens with one attached hydrogen (secondary N) is 2. The van der Waals surface area contributed by atoms with E-state index in [1.54, 1.807) is 42.5 Å². The van der Waals surface area contributed by atoms with Crippen molar-refractivity contribution in [3.8, 4) is 0 Å². The highest BCUT2D eigenvalue weighted by Crippen LogP contribution is 2.21. The summed E-state index contributed by atoms with van der Waals surface area (Å²) >= 11 is 8.42. The number of thioether (sulfide) groups is 1. The molecule has 3 aromatic rings. The molecule has 1 atom stereocenters. The Kier molecular flexibility index (Phi) is 8.21. The number of aromatic nitrogens is 2. The first-order chi connectivity index (χ1) is 15.0. The van der Waals surface area contributed by atoms with Crippen molar-refractivity contribution in [3.63, 3.8) is 0 Å². The van der Waals surface area contributed by atoms with Gasteiger partial charge in [-0.2, -0.15) is 20.5 Å². The Morgan fingerprint density at radius 2 is 1.94 bits per heavy atom. The third-order valence-corrected chi connectivity index (χ3v) is 5.65. The van der Waals surface area contributed by atoms with E-state index in [4.69, 9.17) is 16.3 Å². The summed E-state index contributed by atoms with van der Waals surface area (Å²) < 4.78 is 13.4. The van der Waals surface area contributed by atoms with Crippen molar-refractivity contribution in [2.45, 2.75) is 12.5 Å². The van der Waals surface area contributed by atoms with Crippen molar-refractivity contribution in [2.75, 3.05) is 23.9 Å². The highest BCUT2D eigenvalue weighted by atomic mass is 35.5. The van der Waals surface area contributed by atoms with Crippen LogP contribution < -0.4 is 10.6 Å². The average molecular weight is 479 g/mol. The van der Waals surface area contributed by atoms with Crippen LogP contribution in [0.25, 0.3) is 11.0 Å².